The highest BCUT2D eigenvalue weighted by molar-refractivity contribution is 7.88. The average Bonchev–Trinajstić information content (AvgIpc) is 3.46. The molecule has 0 aliphatic carbocycles. The van der Waals surface area contributed by atoms with Crippen LogP contribution in [0.3, 0.4) is 0 Å². The van der Waals surface area contributed by atoms with E-state index in [4.69, 9.17) is 5.10 Å². The fraction of sp³-hybridized carbons (Fsp3) is 0.154. The number of benzene rings is 3. The second-order valence-electron chi connectivity index (χ2n) is 8.25. The lowest BCUT2D eigenvalue weighted by Crippen LogP contribution is -2.26. The van der Waals surface area contributed by atoms with Crippen LogP contribution < -0.4 is 0 Å². The molecule has 0 saturated heterocycles. The summed E-state index contributed by atoms with van der Waals surface area (Å²) in [4.78, 5) is 0. The number of para-hydroxylation sites is 1. The van der Waals surface area contributed by atoms with Crippen LogP contribution in [-0.4, -0.2) is 34.6 Å². The molecular weight excluding hydrogens is 432 g/mol. The van der Waals surface area contributed by atoms with Gasteiger partial charge in [-0.1, -0.05) is 78.4 Å². The summed E-state index contributed by atoms with van der Waals surface area (Å²) in [5.41, 5.74) is 6.22. The predicted octanol–water partition coefficient (Wildman–Crippen LogP) is 4.96. The van der Waals surface area contributed by atoms with Crippen LogP contribution in [0.15, 0.2) is 96.2 Å². The van der Waals surface area contributed by atoms with E-state index in [0.717, 1.165) is 39.3 Å². The Labute approximate surface area is 193 Å². The minimum absolute atomic E-state index is 0.469. The third-order valence-corrected chi connectivity index (χ3v) is 6.78. The number of nitrogens with zero attached hydrogens (tertiary/aromatic N) is 4. The van der Waals surface area contributed by atoms with Gasteiger partial charge in [-0.25, -0.2) is 13.1 Å². The third kappa shape index (κ3) is 4.19. The average molecular weight is 457 g/mol. The lowest BCUT2D eigenvalue weighted by Gasteiger charge is -2.21. The number of hydrogen-bond donors (Lipinski definition) is 0. The molecule has 1 atom stereocenters. The summed E-state index contributed by atoms with van der Waals surface area (Å²) in [5.74, 6) is 0. The standard InChI is InChI=1S/C26H24N4O2S/c1-19-13-15-20(16-14-19)24-17-25(30(27-24)33(2,31)32)23-18-29(22-11-7-4-8-12-22)28-26(23)21-9-5-3-6-10-21/h3-16,18,25H,17H2,1-2H3. The summed E-state index contributed by atoms with van der Waals surface area (Å²) < 4.78 is 28.6. The molecular formula is C26H24N4O2S. The van der Waals surface area contributed by atoms with E-state index in [-0.39, 0.29) is 0 Å². The molecule has 0 fully saturated rings. The van der Waals surface area contributed by atoms with Gasteiger partial charge in [0.05, 0.1) is 29.4 Å². The molecule has 7 heteroatoms. The highest BCUT2D eigenvalue weighted by Gasteiger charge is 2.37. The third-order valence-electron chi connectivity index (χ3n) is 5.77. The van der Waals surface area contributed by atoms with Crippen molar-refractivity contribution >= 4 is 15.7 Å². The maximum atomic E-state index is 12.8. The van der Waals surface area contributed by atoms with Gasteiger partial charge < -0.3 is 0 Å². The molecule has 5 rings (SSSR count). The van der Waals surface area contributed by atoms with E-state index >= 15 is 0 Å². The van der Waals surface area contributed by atoms with Crippen molar-refractivity contribution in [2.75, 3.05) is 6.26 Å². The van der Waals surface area contributed by atoms with E-state index in [1.807, 2.05) is 103 Å². The number of hydrazone groups is 1. The Bertz CT molecular complexity index is 1410. The van der Waals surface area contributed by atoms with E-state index in [0.29, 0.717) is 6.42 Å². The molecule has 1 aliphatic rings. The topological polar surface area (TPSA) is 67.6 Å². The van der Waals surface area contributed by atoms with Crippen molar-refractivity contribution in [1.82, 2.24) is 14.2 Å². The Hall–Kier alpha value is -3.71. The number of sulfonamides is 1. The largest absolute Gasteiger partial charge is 0.247 e. The second kappa shape index (κ2) is 8.33. The lowest BCUT2D eigenvalue weighted by atomic mass is 9.97. The van der Waals surface area contributed by atoms with Crippen LogP contribution in [-0.2, 0) is 10.0 Å². The molecule has 6 nitrogen and oxygen atoms in total. The molecule has 1 unspecified atom stereocenters. The van der Waals surface area contributed by atoms with Crippen molar-refractivity contribution in [3.8, 4) is 16.9 Å². The first-order chi connectivity index (χ1) is 15.9. The Balaban J connectivity index is 1.64. The molecule has 0 bridgehead atoms. The minimum atomic E-state index is -3.59. The van der Waals surface area contributed by atoms with Crippen molar-refractivity contribution in [3.05, 3.63) is 108 Å². The van der Waals surface area contributed by atoms with Gasteiger partial charge in [-0.3, -0.25) is 0 Å². The van der Waals surface area contributed by atoms with Gasteiger partial charge >= 0.3 is 0 Å². The van der Waals surface area contributed by atoms with Crippen molar-refractivity contribution in [3.63, 3.8) is 0 Å². The smallest absolute Gasteiger partial charge is 0.240 e. The molecule has 3 aromatic carbocycles. The maximum Gasteiger partial charge on any atom is 0.247 e. The van der Waals surface area contributed by atoms with Crippen molar-refractivity contribution in [1.29, 1.82) is 0 Å². The molecule has 0 radical (unpaired) electrons. The SMILES string of the molecule is Cc1ccc(C2=NN(S(C)(=O)=O)C(c3cn(-c4ccccc4)nc3-c3ccccc3)C2)cc1. The quantitative estimate of drug-likeness (QED) is 0.426. The fourth-order valence-corrected chi connectivity index (χ4v) is 5.01. The lowest BCUT2D eigenvalue weighted by molar-refractivity contribution is 0.375. The van der Waals surface area contributed by atoms with Crippen LogP contribution in [0, 0.1) is 6.92 Å². The van der Waals surface area contributed by atoms with Gasteiger partial charge in [0.15, 0.2) is 0 Å². The van der Waals surface area contributed by atoms with Crippen LogP contribution in [0.2, 0.25) is 0 Å². The zero-order valence-corrected chi connectivity index (χ0v) is 19.3. The van der Waals surface area contributed by atoms with Crippen molar-refractivity contribution in [2.45, 2.75) is 19.4 Å². The molecule has 4 aromatic rings. The molecule has 166 valence electrons. The molecule has 1 aliphatic heterocycles. The van der Waals surface area contributed by atoms with Crippen LogP contribution in [0.1, 0.15) is 29.2 Å². The van der Waals surface area contributed by atoms with Gasteiger partial charge in [-0.2, -0.15) is 14.6 Å². The molecule has 0 spiro atoms. The van der Waals surface area contributed by atoms with E-state index in [2.05, 4.69) is 5.10 Å². The highest BCUT2D eigenvalue weighted by Crippen LogP contribution is 2.39. The molecule has 2 heterocycles. The van der Waals surface area contributed by atoms with E-state index in [1.165, 1.54) is 10.7 Å². The maximum absolute atomic E-state index is 12.8. The minimum Gasteiger partial charge on any atom is -0.240 e. The number of hydrogen-bond acceptors (Lipinski definition) is 4. The second-order valence-corrected chi connectivity index (χ2v) is 10.1. The molecule has 0 N–H and O–H groups in total. The summed E-state index contributed by atoms with van der Waals surface area (Å²) in [6.45, 7) is 2.02. The summed E-state index contributed by atoms with van der Waals surface area (Å²) in [7, 11) is -3.59. The number of aryl methyl sites for hydroxylation is 1. The molecule has 1 aromatic heterocycles. The highest BCUT2D eigenvalue weighted by atomic mass is 32.2. The Morgan fingerprint density at radius 2 is 1.48 bits per heavy atom. The first-order valence-corrected chi connectivity index (χ1v) is 12.6. The van der Waals surface area contributed by atoms with Crippen LogP contribution in [0.5, 0.6) is 0 Å². The number of rotatable bonds is 5. The zero-order chi connectivity index (χ0) is 23.0. The first-order valence-electron chi connectivity index (χ1n) is 10.7. The first kappa shape index (κ1) is 21.2. The van der Waals surface area contributed by atoms with E-state index in [1.54, 1.807) is 0 Å². The normalized spacial score (nSPS) is 16.1. The van der Waals surface area contributed by atoms with E-state index in [9.17, 15) is 8.42 Å². The zero-order valence-electron chi connectivity index (χ0n) is 18.5. The molecule has 0 saturated carbocycles. The monoisotopic (exact) mass is 456 g/mol. The van der Waals surface area contributed by atoms with Gasteiger partial charge in [-0.05, 0) is 24.6 Å². The van der Waals surface area contributed by atoms with Gasteiger partial charge in [0.25, 0.3) is 0 Å². The summed E-state index contributed by atoms with van der Waals surface area (Å²) in [5, 5.41) is 9.42. The molecule has 33 heavy (non-hydrogen) atoms. The summed E-state index contributed by atoms with van der Waals surface area (Å²) in [6.07, 6.45) is 3.59. The van der Waals surface area contributed by atoms with Gasteiger partial charge in [0.2, 0.25) is 10.0 Å². The van der Waals surface area contributed by atoms with Gasteiger partial charge in [-0.15, -0.1) is 0 Å². The summed E-state index contributed by atoms with van der Waals surface area (Å²) >= 11 is 0. The van der Waals surface area contributed by atoms with Crippen molar-refractivity contribution < 1.29 is 8.42 Å². The Morgan fingerprint density at radius 3 is 2.12 bits per heavy atom. The van der Waals surface area contributed by atoms with Crippen molar-refractivity contribution in [2.24, 2.45) is 5.10 Å². The van der Waals surface area contributed by atoms with E-state index < -0.39 is 16.1 Å². The van der Waals surface area contributed by atoms with Crippen LogP contribution in [0.25, 0.3) is 16.9 Å². The van der Waals surface area contributed by atoms with Crippen LogP contribution in [0.4, 0.5) is 0 Å². The fourth-order valence-electron chi connectivity index (χ4n) is 4.11. The number of aromatic nitrogens is 2. The van der Waals surface area contributed by atoms with Gasteiger partial charge in [0, 0.05) is 23.7 Å². The Morgan fingerprint density at radius 1 is 0.848 bits per heavy atom. The van der Waals surface area contributed by atoms with Crippen LogP contribution >= 0.6 is 0 Å². The van der Waals surface area contributed by atoms with Gasteiger partial charge in [0.1, 0.15) is 0 Å². The molecule has 0 amide bonds. The Kier molecular flexibility index (Phi) is 5.34. The summed E-state index contributed by atoms with van der Waals surface area (Å²) in [6, 6.07) is 27.2. The predicted molar refractivity (Wildman–Crippen MR) is 131 cm³/mol.